The van der Waals surface area contributed by atoms with Gasteiger partial charge in [-0.15, -0.1) is 0 Å². The lowest BCUT2D eigenvalue weighted by Crippen LogP contribution is -2.53. The summed E-state index contributed by atoms with van der Waals surface area (Å²) in [5, 5.41) is 15.3. The molecule has 4 amide bonds. The van der Waals surface area contributed by atoms with Gasteiger partial charge in [-0.25, -0.2) is 4.79 Å². The second kappa shape index (κ2) is 14.3. The summed E-state index contributed by atoms with van der Waals surface area (Å²) < 4.78 is 10.5. The van der Waals surface area contributed by atoms with Crippen LogP contribution in [-0.2, 0) is 19.1 Å². The number of aliphatic hydroxyl groups excluding tert-OH is 1. The van der Waals surface area contributed by atoms with E-state index in [2.05, 4.69) is 10.6 Å². The quantitative estimate of drug-likeness (QED) is 0.313. The number of anilines is 1. The zero-order valence-corrected chi connectivity index (χ0v) is 23.9. The molecule has 0 bridgehead atoms. The molecule has 2 aromatic rings. The van der Waals surface area contributed by atoms with Gasteiger partial charge in [0.25, 0.3) is 5.91 Å². The van der Waals surface area contributed by atoms with Crippen molar-refractivity contribution in [3.05, 3.63) is 59.2 Å². The largest absolute Gasteiger partial charge is 0.497 e. The highest BCUT2D eigenvalue weighted by Crippen LogP contribution is 2.28. The molecule has 0 saturated carbocycles. The van der Waals surface area contributed by atoms with E-state index >= 15 is 0 Å². The Morgan fingerprint density at radius 2 is 1.70 bits per heavy atom. The van der Waals surface area contributed by atoms with Crippen molar-refractivity contribution in [2.45, 2.75) is 65.1 Å². The highest BCUT2D eigenvalue weighted by atomic mass is 16.6. The molecule has 0 radical (unpaired) electrons. The van der Waals surface area contributed by atoms with Crippen LogP contribution in [0, 0.1) is 13.8 Å². The minimum atomic E-state index is -1.25. The van der Waals surface area contributed by atoms with Crippen molar-refractivity contribution in [2.24, 2.45) is 5.73 Å². The first-order valence-corrected chi connectivity index (χ1v) is 13.0. The molecule has 2 aromatic carbocycles. The van der Waals surface area contributed by atoms with Crippen LogP contribution in [0.2, 0.25) is 0 Å². The van der Waals surface area contributed by atoms with Crippen molar-refractivity contribution in [3.63, 3.8) is 0 Å². The predicted molar refractivity (Wildman–Crippen MR) is 151 cm³/mol. The molecule has 2 rings (SSSR count). The van der Waals surface area contributed by atoms with Gasteiger partial charge < -0.3 is 35.8 Å². The number of carbonyl (C=O) groups excluding carboxylic acids is 4. The number of nitrogens with zero attached hydrogens (tertiary/aromatic N) is 1. The first-order valence-electron chi connectivity index (χ1n) is 13.0. The molecular formula is C29H40N4O7. The average molecular weight is 557 g/mol. The summed E-state index contributed by atoms with van der Waals surface area (Å²) in [6.07, 6.45) is -1.20. The number of benzene rings is 2. The van der Waals surface area contributed by atoms with Crippen molar-refractivity contribution in [3.8, 4) is 5.75 Å². The van der Waals surface area contributed by atoms with E-state index in [9.17, 15) is 24.3 Å². The molecule has 11 nitrogen and oxygen atoms in total. The van der Waals surface area contributed by atoms with Gasteiger partial charge in [-0.2, -0.15) is 0 Å². The minimum absolute atomic E-state index is 0.130. The fourth-order valence-electron chi connectivity index (χ4n) is 4.06. The smallest absolute Gasteiger partial charge is 0.408 e. The fourth-order valence-corrected chi connectivity index (χ4v) is 4.06. The lowest BCUT2D eigenvalue weighted by Gasteiger charge is -2.35. The van der Waals surface area contributed by atoms with Gasteiger partial charge in [-0.1, -0.05) is 23.8 Å². The maximum absolute atomic E-state index is 14.0. The van der Waals surface area contributed by atoms with Crippen LogP contribution in [0.15, 0.2) is 42.5 Å². The molecule has 0 aliphatic carbocycles. The summed E-state index contributed by atoms with van der Waals surface area (Å²) in [5.41, 5.74) is 7.09. The monoisotopic (exact) mass is 556 g/mol. The Labute approximate surface area is 235 Å². The van der Waals surface area contributed by atoms with Gasteiger partial charge >= 0.3 is 6.09 Å². The molecule has 2 atom stereocenters. The molecule has 0 aromatic heterocycles. The number of rotatable bonds is 12. The van der Waals surface area contributed by atoms with Gasteiger partial charge in [0.15, 0.2) is 0 Å². The molecule has 11 heteroatoms. The van der Waals surface area contributed by atoms with Crippen LogP contribution in [0.1, 0.15) is 56.3 Å². The second-order valence-corrected chi connectivity index (χ2v) is 10.4. The van der Waals surface area contributed by atoms with E-state index in [1.807, 2.05) is 26.0 Å². The Hall–Kier alpha value is -4.12. The number of amides is 4. The van der Waals surface area contributed by atoms with Crippen LogP contribution in [0.25, 0.3) is 0 Å². The van der Waals surface area contributed by atoms with E-state index in [0.29, 0.717) is 17.0 Å². The van der Waals surface area contributed by atoms with Crippen molar-refractivity contribution in [1.82, 2.24) is 10.2 Å². The number of alkyl carbamates (subject to hydrolysis) is 1. The van der Waals surface area contributed by atoms with Crippen LogP contribution < -0.4 is 21.1 Å². The predicted octanol–water partition coefficient (Wildman–Crippen LogP) is 2.97. The van der Waals surface area contributed by atoms with E-state index in [1.54, 1.807) is 51.1 Å². The van der Waals surface area contributed by atoms with Gasteiger partial charge in [0, 0.05) is 18.7 Å². The Bertz CT molecular complexity index is 1190. The zero-order valence-electron chi connectivity index (χ0n) is 23.9. The van der Waals surface area contributed by atoms with Crippen molar-refractivity contribution >= 4 is 29.5 Å². The molecular weight excluding hydrogens is 516 g/mol. The molecule has 0 heterocycles. The van der Waals surface area contributed by atoms with Gasteiger partial charge in [0.2, 0.25) is 11.8 Å². The van der Waals surface area contributed by atoms with Gasteiger partial charge in [0.1, 0.15) is 23.4 Å². The van der Waals surface area contributed by atoms with E-state index in [0.717, 1.165) is 11.1 Å². The number of carbonyl (C=O) groups is 4. The Morgan fingerprint density at radius 3 is 2.25 bits per heavy atom. The molecule has 5 N–H and O–H groups in total. The number of ether oxygens (including phenoxy) is 2. The molecule has 40 heavy (non-hydrogen) atoms. The maximum Gasteiger partial charge on any atom is 0.408 e. The standard InChI is InChI=1S/C29H40N4O7/c1-18-7-8-19(2)22(17-18)25(26(36)31-20-9-11-21(39-6)12-10-20)33(15-16-34)27(37)23(13-14-24(30)35)32-28(38)40-29(3,4)5/h7-12,17,23,25,34H,13-16H2,1-6H3,(H2,30,35)(H,31,36)(H,32,38). The maximum atomic E-state index is 14.0. The number of hydrogen-bond acceptors (Lipinski definition) is 7. The van der Waals surface area contributed by atoms with Crippen molar-refractivity contribution in [1.29, 1.82) is 0 Å². The van der Waals surface area contributed by atoms with Gasteiger partial charge in [-0.3, -0.25) is 14.4 Å². The summed E-state index contributed by atoms with van der Waals surface area (Å²) in [7, 11) is 1.53. The normalized spacial score (nSPS) is 12.6. The SMILES string of the molecule is COc1ccc(NC(=O)C(c2cc(C)ccc2C)N(CCO)C(=O)C(CCC(N)=O)NC(=O)OC(C)(C)C)cc1. The van der Waals surface area contributed by atoms with Crippen LogP contribution in [0.5, 0.6) is 5.75 Å². The Kier molecular flexibility index (Phi) is 11.5. The molecule has 0 aliphatic rings. The molecule has 2 unspecified atom stereocenters. The van der Waals surface area contributed by atoms with E-state index in [1.165, 1.54) is 12.0 Å². The molecule has 218 valence electrons. The van der Waals surface area contributed by atoms with E-state index < -0.39 is 48.1 Å². The van der Waals surface area contributed by atoms with Crippen LogP contribution in [0.4, 0.5) is 10.5 Å². The molecule has 0 fully saturated rings. The number of aryl methyl sites for hydroxylation is 2. The van der Waals surface area contributed by atoms with Crippen LogP contribution in [-0.4, -0.2) is 65.7 Å². The van der Waals surface area contributed by atoms with E-state index in [-0.39, 0.29) is 19.4 Å². The Balaban J connectivity index is 2.54. The van der Waals surface area contributed by atoms with Gasteiger partial charge in [-0.05, 0) is 76.4 Å². The number of methoxy groups -OCH3 is 1. The van der Waals surface area contributed by atoms with Crippen molar-refractivity contribution < 1.29 is 33.8 Å². The van der Waals surface area contributed by atoms with Crippen LogP contribution >= 0.6 is 0 Å². The molecule has 0 spiro atoms. The van der Waals surface area contributed by atoms with E-state index in [4.69, 9.17) is 15.2 Å². The minimum Gasteiger partial charge on any atom is -0.497 e. The third-order valence-electron chi connectivity index (χ3n) is 5.94. The van der Waals surface area contributed by atoms with Crippen molar-refractivity contribution in [2.75, 3.05) is 25.6 Å². The highest BCUT2D eigenvalue weighted by molar-refractivity contribution is 5.99. The zero-order chi connectivity index (χ0) is 30.0. The van der Waals surface area contributed by atoms with Gasteiger partial charge in [0.05, 0.1) is 13.7 Å². The fraction of sp³-hybridized carbons (Fsp3) is 0.448. The first-order chi connectivity index (χ1) is 18.7. The molecule has 0 aliphatic heterocycles. The topological polar surface area (TPSA) is 160 Å². The number of aliphatic hydroxyl groups is 1. The lowest BCUT2D eigenvalue weighted by molar-refractivity contribution is -0.141. The van der Waals surface area contributed by atoms with Crippen LogP contribution in [0.3, 0.4) is 0 Å². The second-order valence-electron chi connectivity index (χ2n) is 10.4. The number of primary amides is 1. The highest BCUT2D eigenvalue weighted by Gasteiger charge is 2.37. The third kappa shape index (κ3) is 9.57. The third-order valence-corrected chi connectivity index (χ3v) is 5.94. The summed E-state index contributed by atoms with van der Waals surface area (Å²) in [6, 6.07) is 9.77. The summed E-state index contributed by atoms with van der Waals surface area (Å²) in [4.78, 5) is 53.2. The number of hydrogen-bond donors (Lipinski definition) is 4. The first kappa shape index (κ1) is 32.1. The average Bonchev–Trinajstić information content (AvgIpc) is 2.87. The summed E-state index contributed by atoms with van der Waals surface area (Å²) >= 11 is 0. The summed E-state index contributed by atoms with van der Waals surface area (Å²) in [6.45, 7) is 8.00. The lowest BCUT2D eigenvalue weighted by atomic mass is 9.95. The number of nitrogens with two attached hydrogens (primary N) is 1. The molecule has 0 saturated heterocycles. The Morgan fingerprint density at radius 1 is 1.05 bits per heavy atom. The number of nitrogens with one attached hydrogen (secondary N) is 2. The summed E-state index contributed by atoms with van der Waals surface area (Å²) in [5.74, 6) is -1.28.